The van der Waals surface area contributed by atoms with Gasteiger partial charge in [0.05, 0.1) is 29.2 Å². The summed E-state index contributed by atoms with van der Waals surface area (Å²) in [6.07, 6.45) is 1.12. The maximum Gasteiger partial charge on any atom is 0.419 e. The number of ether oxygens (including phenoxy) is 1. The topological polar surface area (TPSA) is 108 Å². The molecule has 10 nitrogen and oxygen atoms in total. The number of anilines is 2. The van der Waals surface area contributed by atoms with E-state index >= 15 is 0 Å². The second kappa shape index (κ2) is 11.0. The summed E-state index contributed by atoms with van der Waals surface area (Å²) in [5.41, 5.74) is -2.12. The van der Waals surface area contributed by atoms with Crippen LogP contribution < -0.4 is 9.80 Å². The van der Waals surface area contributed by atoms with Crippen LogP contribution >= 0.6 is 12.2 Å². The maximum atomic E-state index is 13.8. The lowest BCUT2D eigenvalue weighted by Gasteiger charge is -2.43. The van der Waals surface area contributed by atoms with Gasteiger partial charge in [-0.1, -0.05) is 0 Å². The highest BCUT2D eigenvalue weighted by atomic mass is 32.1. The maximum absolute atomic E-state index is 13.8. The highest BCUT2D eigenvalue weighted by Crippen LogP contribution is 2.48. The predicted octanol–water partition coefficient (Wildman–Crippen LogP) is 6.03. The third-order valence-corrected chi connectivity index (χ3v) is 9.08. The number of piperidine rings is 1. The zero-order valence-corrected chi connectivity index (χ0v) is 25.9. The number of carbonyl (C=O) groups excluding carboxylic acids is 2. The average Bonchev–Trinajstić information content (AvgIpc) is 3.46. The number of halogens is 3. The Labute approximate surface area is 263 Å². The Morgan fingerprint density at radius 3 is 2.44 bits per heavy atom. The lowest BCUT2D eigenvalue weighted by atomic mass is 9.75. The molecule has 3 fully saturated rings. The molecule has 1 saturated carbocycles. The molecular formula is C31H32F3N7O3S. The fourth-order valence-electron chi connectivity index (χ4n) is 6.32. The molecule has 0 bridgehead atoms. The number of rotatable bonds is 4. The van der Waals surface area contributed by atoms with Crippen LogP contribution in [-0.4, -0.2) is 61.0 Å². The molecule has 45 heavy (non-hydrogen) atoms. The van der Waals surface area contributed by atoms with Crippen LogP contribution in [0.4, 0.5) is 29.3 Å². The number of pyridine rings is 1. The quantitative estimate of drug-likeness (QED) is 0.319. The van der Waals surface area contributed by atoms with Crippen LogP contribution in [0, 0.1) is 17.2 Å². The molecule has 6 rings (SSSR count). The Balaban J connectivity index is 1.22. The lowest BCUT2D eigenvalue weighted by molar-refractivity contribution is -0.138. The Morgan fingerprint density at radius 1 is 1.13 bits per heavy atom. The highest BCUT2D eigenvalue weighted by molar-refractivity contribution is 7.81. The van der Waals surface area contributed by atoms with Gasteiger partial charge in [0.25, 0.3) is 5.91 Å². The summed E-state index contributed by atoms with van der Waals surface area (Å²) in [5.74, 6) is -0.0865. The van der Waals surface area contributed by atoms with Gasteiger partial charge in [-0.25, -0.2) is 9.78 Å². The Kier molecular flexibility index (Phi) is 7.50. The van der Waals surface area contributed by atoms with Gasteiger partial charge in [0.2, 0.25) is 0 Å². The molecule has 0 unspecified atom stereocenters. The standard InChI is InChI=1S/C31H32F3N7O3S/c1-29(2,3)44-28(43)38-11-7-19(8-12-38)18-39-25-6-5-21(13-20(25)16-37-39)41-27(45)40(26(42)30(41)9-4-10-30)22-14-23(31(32,33)34)24(15-35)36-17-22/h5-6,13-14,16-17,19H,4,7-12,18H2,1-3H3. The first kappa shape index (κ1) is 30.8. The molecule has 0 N–H and O–H groups in total. The summed E-state index contributed by atoms with van der Waals surface area (Å²) in [7, 11) is 0. The predicted molar refractivity (Wildman–Crippen MR) is 163 cm³/mol. The Bertz CT molecular complexity index is 1730. The van der Waals surface area contributed by atoms with Crippen LogP contribution in [0.15, 0.2) is 36.7 Å². The second-order valence-corrected chi connectivity index (χ2v) is 13.2. The molecule has 1 spiro atoms. The van der Waals surface area contributed by atoms with E-state index in [1.807, 2.05) is 43.7 Å². The van der Waals surface area contributed by atoms with E-state index in [1.165, 1.54) is 6.07 Å². The molecule has 14 heteroatoms. The fourth-order valence-corrected chi connectivity index (χ4v) is 6.79. The minimum atomic E-state index is -4.83. The van der Waals surface area contributed by atoms with Crippen LogP contribution in [0.5, 0.6) is 0 Å². The number of thiocarbonyl (C=S) groups is 1. The van der Waals surface area contributed by atoms with Crippen LogP contribution in [0.25, 0.3) is 10.9 Å². The number of hydrogen-bond donors (Lipinski definition) is 0. The first-order valence-corrected chi connectivity index (χ1v) is 15.2. The van der Waals surface area contributed by atoms with Gasteiger partial charge in [-0.3, -0.25) is 14.4 Å². The summed E-state index contributed by atoms with van der Waals surface area (Å²) < 4.78 is 48.5. The van der Waals surface area contributed by atoms with E-state index in [0.717, 1.165) is 47.3 Å². The number of nitriles is 1. The molecule has 2 aliphatic heterocycles. The van der Waals surface area contributed by atoms with Crippen molar-refractivity contribution in [2.24, 2.45) is 5.92 Å². The summed E-state index contributed by atoms with van der Waals surface area (Å²) in [5, 5.41) is 14.7. The third kappa shape index (κ3) is 5.47. The third-order valence-electron chi connectivity index (χ3n) is 8.72. The molecule has 3 aromatic rings. The molecule has 0 atom stereocenters. The number of alkyl halides is 3. The fraction of sp³-hybridized carbons (Fsp3) is 0.484. The first-order chi connectivity index (χ1) is 21.2. The van der Waals surface area contributed by atoms with Gasteiger partial charge in [-0.15, -0.1) is 0 Å². The number of carbonyl (C=O) groups is 2. The number of hydrogen-bond acceptors (Lipinski definition) is 7. The van der Waals surface area contributed by atoms with Gasteiger partial charge in [0.15, 0.2) is 10.8 Å². The van der Waals surface area contributed by atoms with Crippen molar-refractivity contribution in [2.45, 2.75) is 76.7 Å². The molecule has 2 amide bonds. The van der Waals surface area contributed by atoms with Gasteiger partial charge < -0.3 is 14.5 Å². The first-order valence-electron chi connectivity index (χ1n) is 14.8. The van der Waals surface area contributed by atoms with Crippen LogP contribution in [0.2, 0.25) is 0 Å². The van der Waals surface area contributed by atoms with Crippen LogP contribution in [-0.2, 0) is 22.3 Å². The van der Waals surface area contributed by atoms with E-state index in [9.17, 15) is 22.8 Å². The van der Waals surface area contributed by atoms with Gasteiger partial charge >= 0.3 is 12.3 Å². The van der Waals surface area contributed by atoms with Gasteiger partial charge in [0, 0.05) is 30.7 Å². The van der Waals surface area contributed by atoms with E-state index in [1.54, 1.807) is 16.0 Å². The summed E-state index contributed by atoms with van der Waals surface area (Å²) in [4.78, 5) is 34.5. The minimum Gasteiger partial charge on any atom is -0.444 e. The number of benzene rings is 1. The second-order valence-electron chi connectivity index (χ2n) is 12.8. The molecule has 236 valence electrons. The van der Waals surface area contributed by atoms with Gasteiger partial charge in [0.1, 0.15) is 17.2 Å². The number of fused-ring (bicyclic) bond motifs is 1. The van der Waals surface area contributed by atoms with Crippen molar-refractivity contribution in [3.8, 4) is 6.07 Å². The summed E-state index contributed by atoms with van der Waals surface area (Å²) in [6, 6.07) is 7.89. The smallest absolute Gasteiger partial charge is 0.419 e. The molecule has 4 heterocycles. The van der Waals surface area contributed by atoms with Gasteiger partial charge in [-0.05, 0) is 95.3 Å². The van der Waals surface area contributed by atoms with E-state index in [2.05, 4.69) is 10.1 Å². The van der Waals surface area contributed by atoms with Crippen molar-refractivity contribution < 1.29 is 27.5 Å². The molecular weight excluding hydrogens is 607 g/mol. The van der Waals surface area contributed by atoms with E-state index in [4.69, 9.17) is 22.2 Å². The zero-order valence-electron chi connectivity index (χ0n) is 25.1. The minimum absolute atomic E-state index is 0.0582. The SMILES string of the molecule is CC(C)(C)OC(=O)N1CCC(Cn2ncc3cc(N4C(=S)N(c5cnc(C#N)c(C(F)(F)F)c5)C(=O)C45CCC5)ccc32)CC1. The average molecular weight is 640 g/mol. The molecule has 2 aromatic heterocycles. The number of aromatic nitrogens is 3. The van der Waals surface area contributed by atoms with Crippen molar-refractivity contribution in [2.75, 3.05) is 22.9 Å². The van der Waals surface area contributed by atoms with Crippen molar-refractivity contribution in [1.82, 2.24) is 19.7 Å². The Hall–Kier alpha value is -4.25. The van der Waals surface area contributed by atoms with Crippen molar-refractivity contribution in [3.63, 3.8) is 0 Å². The molecule has 3 aliphatic rings. The van der Waals surface area contributed by atoms with Crippen LogP contribution in [0.3, 0.4) is 0 Å². The molecule has 2 saturated heterocycles. The van der Waals surface area contributed by atoms with E-state index in [-0.39, 0.29) is 16.9 Å². The van der Waals surface area contributed by atoms with E-state index in [0.29, 0.717) is 44.1 Å². The number of nitrogens with zero attached hydrogens (tertiary/aromatic N) is 7. The summed E-state index contributed by atoms with van der Waals surface area (Å²) in [6.45, 7) is 7.45. The van der Waals surface area contributed by atoms with Crippen LogP contribution in [0.1, 0.15) is 64.1 Å². The normalized spacial score (nSPS) is 18.9. The monoisotopic (exact) mass is 639 g/mol. The van der Waals surface area contributed by atoms with Crippen molar-refractivity contribution in [1.29, 1.82) is 5.26 Å². The van der Waals surface area contributed by atoms with Gasteiger partial charge in [-0.2, -0.15) is 23.5 Å². The Morgan fingerprint density at radius 2 is 1.84 bits per heavy atom. The van der Waals surface area contributed by atoms with E-state index < -0.39 is 34.5 Å². The lowest BCUT2D eigenvalue weighted by Crippen LogP contribution is -2.55. The number of likely N-dealkylation sites (tertiary alicyclic amines) is 1. The highest BCUT2D eigenvalue weighted by Gasteiger charge is 2.59. The zero-order chi connectivity index (χ0) is 32.3. The largest absolute Gasteiger partial charge is 0.444 e. The van der Waals surface area contributed by atoms with Crippen molar-refractivity contribution in [3.05, 3.63) is 47.9 Å². The molecule has 1 aliphatic carbocycles. The molecule has 1 aromatic carbocycles. The molecule has 0 radical (unpaired) electrons. The summed E-state index contributed by atoms with van der Waals surface area (Å²) >= 11 is 5.74. The van der Waals surface area contributed by atoms with Crippen molar-refractivity contribution >= 4 is 51.6 Å². The number of amides is 2.